The number of nitrogens with zero attached hydrogens (tertiary/aromatic N) is 4. The molecule has 0 fully saturated rings. The highest BCUT2D eigenvalue weighted by Gasteiger charge is 2.34. The van der Waals surface area contributed by atoms with Crippen molar-refractivity contribution in [2.75, 3.05) is 7.11 Å². The summed E-state index contributed by atoms with van der Waals surface area (Å²) in [6.07, 6.45) is 6.17. The van der Waals surface area contributed by atoms with Crippen molar-refractivity contribution < 1.29 is 9.53 Å². The van der Waals surface area contributed by atoms with Gasteiger partial charge in [-0.25, -0.2) is 4.99 Å². The van der Waals surface area contributed by atoms with Gasteiger partial charge >= 0.3 is 0 Å². The molecule has 9 heteroatoms. The van der Waals surface area contributed by atoms with E-state index in [4.69, 9.17) is 9.73 Å². The molecule has 226 valence electrons. The van der Waals surface area contributed by atoms with Gasteiger partial charge in [-0.15, -0.1) is 11.3 Å². The normalized spacial score (nSPS) is 16.4. The summed E-state index contributed by atoms with van der Waals surface area (Å²) in [6, 6.07) is 15.7. The Morgan fingerprint density at radius 2 is 1.89 bits per heavy atom. The molecule has 2 aliphatic rings. The van der Waals surface area contributed by atoms with Crippen LogP contribution in [0.25, 0.3) is 21.8 Å². The molecule has 7 nitrogen and oxygen atoms in total. The summed E-state index contributed by atoms with van der Waals surface area (Å²) in [5.41, 5.74) is 6.51. The number of nitriles is 1. The van der Waals surface area contributed by atoms with Gasteiger partial charge in [-0.2, -0.15) is 5.26 Å². The van der Waals surface area contributed by atoms with Crippen molar-refractivity contribution in [1.29, 1.82) is 5.26 Å². The maximum absolute atomic E-state index is 14.4. The third-order valence-corrected chi connectivity index (χ3v) is 11.3. The van der Waals surface area contributed by atoms with Crippen LogP contribution in [0.4, 0.5) is 0 Å². The van der Waals surface area contributed by atoms with Gasteiger partial charge in [-0.3, -0.25) is 14.2 Å². The van der Waals surface area contributed by atoms with E-state index in [0.717, 1.165) is 69.5 Å². The second-order valence-electron chi connectivity index (χ2n) is 11.7. The first-order chi connectivity index (χ1) is 21.7. The van der Waals surface area contributed by atoms with E-state index in [2.05, 4.69) is 16.7 Å². The van der Waals surface area contributed by atoms with Gasteiger partial charge < -0.3 is 9.30 Å². The number of fused-ring (bicyclic) bond motifs is 3. The van der Waals surface area contributed by atoms with E-state index in [-0.39, 0.29) is 11.3 Å². The van der Waals surface area contributed by atoms with Crippen LogP contribution in [0, 0.1) is 25.2 Å². The molecule has 3 aromatic heterocycles. The van der Waals surface area contributed by atoms with E-state index < -0.39 is 6.04 Å². The Labute approximate surface area is 268 Å². The number of Topliss-reactive ketones (excluding diaryl/α,β-unsaturated/α-hetero) is 1. The number of aromatic nitrogens is 2. The number of aryl methyl sites for hydroxylation is 2. The van der Waals surface area contributed by atoms with Crippen molar-refractivity contribution in [1.82, 2.24) is 9.13 Å². The van der Waals surface area contributed by atoms with E-state index in [1.54, 1.807) is 23.0 Å². The van der Waals surface area contributed by atoms with Crippen LogP contribution in [-0.4, -0.2) is 22.0 Å². The van der Waals surface area contributed by atoms with Crippen molar-refractivity contribution in [3.63, 3.8) is 0 Å². The first kappa shape index (κ1) is 29.2. The Bertz CT molecular complexity index is 2320. The van der Waals surface area contributed by atoms with Gasteiger partial charge in [0.2, 0.25) is 0 Å². The summed E-state index contributed by atoms with van der Waals surface area (Å²) in [6.45, 7) is 7.44. The largest absolute Gasteiger partial charge is 0.496 e. The molecule has 7 rings (SSSR count). The van der Waals surface area contributed by atoms with Gasteiger partial charge in [0.1, 0.15) is 16.8 Å². The van der Waals surface area contributed by atoms with Gasteiger partial charge in [0.05, 0.1) is 23.2 Å². The molecule has 1 atom stereocenters. The van der Waals surface area contributed by atoms with Crippen LogP contribution in [0.1, 0.15) is 71.2 Å². The fraction of sp³-hybridized carbons (Fsp3) is 0.278. The second kappa shape index (κ2) is 11.1. The number of hydrogen-bond acceptors (Lipinski definition) is 7. The number of benzene rings is 2. The van der Waals surface area contributed by atoms with E-state index in [9.17, 15) is 14.9 Å². The third kappa shape index (κ3) is 4.54. The van der Waals surface area contributed by atoms with E-state index in [0.29, 0.717) is 26.4 Å². The molecule has 2 aromatic carbocycles. The Balaban J connectivity index is 1.44. The van der Waals surface area contributed by atoms with Crippen LogP contribution in [0.3, 0.4) is 0 Å². The van der Waals surface area contributed by atoms with Gasteiger partial charge in [0.25, 0.3) is 5.56 Å². The molecule has 0 N–H and O–H groups in total. The standard InChI is InChI=1S/C36H32N4O3S2/c1-19-16-24(21(3)39(19)35-27(18-37)26-12-8-9-13-29(26)44-35)17-30-34(42)40-33(31(22(4)41)20(2)38-36(40)45-30)32-25-11-7-6-10-23(25)14-15-28(32)43-5/h6-7,10-11,14-17,33H,8-9,12-13H2,1-5H3/b30-17-/t33-/m1/s1. The van der Waals surface area contributed by atoms with Crippen LogP contribution in [0.15, 0.2) is 63.5 Å². The lowest BCUT2D eigenvalue weighted by atomic mass is 9.89. The number of carbonyl (C=O) groups excluding carboxylic acids is 1. The summed E-state index contributed by atoms with van der Waals surface area (Å²) in [4.78, 5) is 34.2. The van der Waals surface area contributed by atoms with Crippen LogP contribution >= 0.6 is 22.7 Å². The third-order valence-electron chi connectivity index (χ3n) is 9.05. The molecular weight excluding hydrogens is 601 g/mol. The first-order valence-corrected chi connectivity index (χ1v) is 16.7. The molecule has 0 saturated heterocycles. The summed E-state index contributed by atoms with van der Waals surface area (Å²) in [5.74, 6) is 0.471. The lowest BCUT2D eigenvalue weighted by Crippen LogP contribution is -2.39. The number of rotatable bonds is 5. The van der Waals surface area contributed by atoms with Crippen molar-refractivity contribution in [3.8, 4) is 16.8 Å². The average molecular weight is 633 g/mol. The lowest BCUT2D eigenvalue weighted by Gasteiger charge is -2.27. The fourth-order valence-corrected chi connectivity index (χ4v) is 9.48. The van der Waals surface area contributed by atoms with Gasteiger partial charge in [-0.05, 0) is 93.5 Å². The Morgan fingerprint density at radius 1 is 1.11 bits per heavy atom. The van der Waals surface area contributed by atoms with Crippen molar-refractivity contribution in [3.05, 3.63) is 112 Å². The van der Waals surface area contributed by atoms with Crippen molar-refractivity contribution in [2.24, 2.45) is 4.99 Å². The summed E-state index contributed by atoms with van der Waals surface area (Å²) < 4.78 is 10.2. The quantitative estimate of drug-likeness (QED) is 0.231. The van der Waals surface area contributed by atoms with Crippen LogP contribution in [-0.2, 0) is 17.6 Å². The highest BCUT2D eigenvalue weighted by atomic mass is 32.1. The topological polar surface area (TPSA) is 89.4 Å². The average Bonchev–Trinajstić information content (AvgIpc) is 3.64. The zero-order valence-corrected chi connectivity index (χ0v) is 27.5. The molecule has 0 bridgehead atoms. The molecule has 4 heterocycles. The van der Waals surface area contributed by atoms with Crippen LogP contribution in [0.2, 0.25) is 0 Å². The van der Waals surface area contributed by atoms with E-state index >= 15 is 0 Å². The molecule has 0 saturated carbocycles. The van der Waals surface area contributed by atoms with E-state index in [1.165, 1.54) is 28.7 Å². The Kier molecular flexibility index (Phi) is 7.22. The van der Waals surface area contributed by atoms with Gasteiger partial charge in [0, 0.05) is 33.1 Å². The predicted octanol–water partition coefficient (Wildman–Crippen LogP) is 6.21. The SMILES string of the molecule is COc1ccc2ccccc2c1[C@H]1C(C(C)=O)=C(C)N=c2s/c(=C\c3cc(C)n(-c4sc5c(c4C#N)CCCC5)c3C)c(=O)n21. The van der Waals surface area contributed by atoms with Crippen LogP contribution in [0.5, 0.6) is 5.75 Å². The first-order valence-electron chi connectivity index (χ1n) is 15.1. The number of allylic oxidation sites excluding steroid dienone is 2. The number of thiophene rings is 1. The minimum Gasteiger partial charge on any atom is -0.496 e. The number of carbonyl (C=O) groups is 1. The second-order valence-corrected chi connectivity index (χ2v) is 13.8. The predicted molar refractivity (Wildman–Crippen MR) is 179 cm³/mol. The van der Waals surface area contributed by atoms with Gasteiger partial charge in [0.15, 0.2) is 10.6 Å². The molecule has 45 heavy (non-hydrogen) atoms. The van der Waals surface area contributed by atoms with Crippen molar-refractivity contribution >= 4 is 45.3 Å². The number of hydrogen-bond donors (Lipinski definition) is 0. The maximum Gasteiger partial charge on any atom is 0.271 e. The molecule has 5 aromatic rings. The Morgan fingerprint density at radius 3 is 2.64 bits per heavy atom. The lowest BCUT2D eigenvalue weighted by molar-refractivity contribution is -0.114. The fourth-order valence-electron chi connectivity index (χ4n) is 6.99. The monoisotopic (exact) mass is 632 g/mol. The number of thiazole rings is 1. The highest BCUT2D eigenvalue weighted by Crippen LogP contribution is 2.41. The minimum atomic E-state index is -0.690. The minimum absolute atomic E-state index is 0.138. The number of ketones is 1. The molecule has 0 amide bonds. The number of methoxy groups -OCH3 is 1. The molecule has 1 aliphatic heterocycles. The Hall–Kier alpha value is -4.52. The number of ether oxygens (including phenoxy) is 1. The maximum atomic E-state index is 14.4. The summed E-state index contributed by atoms with van der Waals surface area (Å²) >= 11 is 3.04. The molecular formula is C36H32N4O3S2. The molecule has 0 radical (unpaired) electrons. The summed E-state index contributed by atoms with van der Waals surface area (Å²) in [5, 5.41) is 13.0. The van der Waals surface area contributed by atoms with Crippen LogP contribution < -0.4 is 19.6 Å². The molecule has 1 aliphatic carbocycles. The smallest absolute Gasteiger partial charge is 0.271 e. The zero-order chi connectivity index (χ0) is 31.6. The zero-order valence-electron chi connectivity index (χ0n) is 25.9. The molecule has 0 unspecified atom stereocenters. The highest BCUT2D eigenvalue weighted by molar-refractivity contribution is 7.15. The van der Waals surface area contributed by atoms with Crippen molar-refractivity contribution in [2.45, 2.75) is 59.4 Å². The van der Waals surface area contributed by atoms with Gasteiger partial charge in [-0.1, -0.05) is 41.7 Å². The summed E-state index contributed by atoms with van der Waals surface area (Å²) in [7, 11) is 1.61. The molecule has 0 spiro atoms. The van der Waals surface area contributed by atoms with E-state index in [1.807, 2.05) is 63.2 Å².